The minimum absolute atomic E-state index is 0.192. The molecule has 0 bridgehead atoms. The van der Waals surface area contributed by atoms with Gasteiger partial charge in [-0.3, -0.25) is 4.79 Å². The summed E-state index contributed by atoms with van der Waals surface area (Å²) in [4.78, 5) is 28.4. The molecular formula is C20H17ClN2O3. The number of hydrogen-bond donors (Lipinski definition) is 0. The Hall–Kier alpha value is -2.92. The number of nitrogens with zero attached hydrogens (tertiary/aromatic N) is 2. The van der Waals surface area contributed by atoms with Gasteiger partial charge in [0.1, 0.15) is 5.15 Å². The number of carbonyl (C=O) groups excluding carboxylic acids is 2. The van der Waals surface area contributed by atoms with Gasteiger partial charge in [0.15, 0.2) is 6.61 Å². The topological polar surface area (TPSA) is 61.2 Å². The molecule has 0 N–H and O–H groups in total. The third-order valence-electron chi connectivity index (χ3n) is 4.04. The quantitative estimate of drug-likeness (QED) is 0.385. The molecule has 0 radical (unpaired) electrons. The molecule has 26 heavy (non-hydrogen) atoms. The first-order valence-electron chi connectivity index (χ1n) is 8.03. The Kier molecular flexibility index (Phi) is 5.19. The van der Waals surface area contributed by atoms with Crippen LogP contribution in [0.3, 0.4) is 0 Å². The van der Waals surface area contributed by atoms with E-state index < -0.39 is 5.97 Å². The molecule has 0 amide bonds. The van der Waals surface area contributed by atoms with Crippen molar-refractivity contribution in [1.82, 2.24) is 9.55 Å². The number of para-hydroxylation sites is 1. The minimum Gasteiger partial charge on any atom is -0.454 e. The van der Waals surface area contributed by atoms with Crippen molar-refractivity contribution in [1.29, 1.82) is 0 Å². The summed E-state index contributed by atoms with van der Waals surface area (Å²) in [6.07, 6.45) is 1.41. The summed E-state index contributed by atoms with van der Waals surface area (Å²) in [6, 6.07) is 14.5. The van der Waals surface area contributed by atoms with Crippen molar-refractivity contribution in [3.05, 3.63) is 82.4 Å². The molecule has 0 saturated heterocycles. The molecule has 5 nitrogen and oxygen atoms in total. The number of benzene rings is 1. The van der Waals surface area contributed by atoms with Crippen LogP contribution in [-0.2, 0) is 4.74 Å². The van der Waals surface area contributed by atoms with E-state index in [4.69, 9.17) is 16.3 Å². The minimum atomic E-state index is -0.612. The summed E-state index contributed by atoms with van der Waals surface area (Å²) in [6.45, 7) is 3.47. The van der Waals surface area contributed by atoms with E-state index in [-0.39, 0.29) is 23.1 Å². The van der Waals surface area contributed by atoms with Crippen LogP contribution in [0, 0.1) is 13.8 Å². The summed E-state index contributed by atoms with van der Waals surface area (Å²) in [7, 11) is 0. The smallest absolute Gasteiger partial charge is 0.338 e. The van der Waals surface area contributed by atoms with E-state index in [2.05, 4.69) is 4.98 Å². The number of pyridine rings is 1. The van der Waals surface area contributed by atoms with Crippen molar-refractivity contribution in [3.63, 3.8) is 0 Å². The predicted molar refractivity (Wildman–Crippen MR) is 99.1 cm³/mol. The normalized spacial score (nSPS) is 10.6. The molecule has 0 aliphatic carbocycles. The zero-order valence-electron chi connectivity index (χ0n) is 14.4. The number of Topliss-reactive ketones (excluding diaryl/α,β-unsaturated/α-hetero) is 1. The fourth-order valence-electron chi connectivity index (χ4n) is 2.84. The van der Waals surface area contributed by atoms with Gasteiger partial charge in [-0.15, -0.1) is 0 Å². The molecule has 0 atom stereocenters. The molecule has 132 valence electrons. The molecular weight excluding hydrogens is 352 g/mol. The lowest BCUT2D eigenvalue weighted by Gasteiger charge is -2.09. The summed E-state index contributed by atoms with van der Waals surface area (Å²) in [5.74, 6) is -0.867. The Morgan fingerprint density at radius 3 is 2.54 bits per heavy atom. The van der Waals surface area contributed by atoms with Crippen LogP contribution in [0.4, 0.5) is 0 Å². The Balaban J connectivity index is 1.76. The fraction of sp³-hybridized carbons (Fsp3) is 0.150. The molecule has 3 rings (SSSR count). The largest absolute Gasteiger partial charge is 0.454 e. The van der Waals surface area contributed by atoms with E-state index in [0.29, 0.717) is 5.56 Å². The van der Waals surface area contributed by atoms with Gasteiger partial charge >= 0.3 is 5.97 Å². The van der Waals surface area contributed by atoms with E-state index in [9.17, 15) is 9.59 Å². The van der Waals surface area contributed by atoms with Crippen LogP contribution >= 0.6 is 11.6 Å². The Bertz CT molecular complexity index is 964. The molecule has 0 saturated carbocycles. The highest BCUT2D eigenvalue weighted by Gasteiger charge is 2.18. The van der Waals surface area contributed by atoms with Gasteiger partial charge in [-0.05, 0) is 44.2 Å². The molecule has 3 aromatic rings. The summed E-state index contributed by atoms with van der Waals surface area (Å²) >= 11 is 5.76. The number of ketones is 1. The van der Waals surface area contributed by atoms with Gasteiger partial charge in [0, 0.05) is 28.8 Å². The average Bonchev–Trinajstić information content (AvgIpc) is 2.94. The third kappa shape index (κ3) is 3.68. The maximum Gasteiger partial charge on any atom is 0.338 e. The lowest BCUT2D eigenvalue weighted by molar-refractivity contribution is 0.0474. The first-order valence-corrected chi connectivity index (χ1v) is 8.41. The van der Waals surface area contributed by atoms with Gasteiger partial charge in [0.2, 0.25) is 5.78 Å². The van der Waals surface area contributed by atoms with Gasteiger partial charge in [0.05, 0.1) is 5.56 Å². The number of ether oxygens (including phenoxy) is 1. The van der Waals surface area contributed by atoms with Crippen molar-refractivity contribution < 1.29 is 14.3 Å². The highest BCUT2D eigenvalue weighted by molar-refractivity contribution is 6.29. The van der Waals surface area contributed by atoms with E-state index in [1.54, 1.807) is 0 Å². The monoisotopic (exact) mass is 368 g/mol. The molecule has 6 heteroatoms. The first kappa shape index (κ1) is 17.9. The second-order valence-corrected chi connectivity index (χ2v) is 6.21. The number of carbonyl (C=O) groups is 2. The fourth-order valence-corrected chi connectivity index (χ4v) is 3.01. The van der Waals surface area contributed by atoms with Crippen molar-refractivity contribution in [2.75, 3.05) is 6.61 Å². The lowest BCUT2D eigenvalue weighted by Crippen LogP contribution is -2.15. The van der Waals surface area contributed by atoms with E-state index in [0.717, 1.165) is 17.1 Å². The van der Waals surface area contributed by atoms with E-state index in [1.807, 2.05) is 54.8 Å². The molecule has 2 aromatic heterocycles. The summed E-state index contributed by atoms with van der Waals surface area (Å²) < 4.78 is 7.12. The number of rotatable bonds is 5. The van der Waals surface area contributed by atoms with Crippen LogP contribution in [-0.4, -0.2) is 27.9 Å². The maximum atomic E-state index is 12.5. The van der Waals surface area contributed by atoms with Crippen molar-refractivity contribution in [2.45, 2.75) is 13.8 Å². The predicted octanol–water partition coefficient (Wildman–Crippen LogP) is 4.18. The second-order valence-electron chi connectivity index (χ2n) is 5.82. The summed E-state index contributed by atoms with van der Waals surface area (Å²) in [5, 5.41) is 0.192. The van der Waals surface area contributed by atoms with Crippen LogP contribution in [0.5, 0.6) is 0 Å². The highest BCUT2D eigenvalue weighted by atomic mass is 35.5. The summed E-state index contributed by atoms with van der Waals surface area (Å²) in [5.41, 5.74) is 3.51. The number of aromatic nitrogens is 2. The lowest BCUT2D eigenvalue weighted by atomic mass is 10.1. The van der Waals surface area contributed by atoms with Crippen LogP contribution in [0.25, 0.3) is 5.69 Å². The van der Waals surface area contributed by atoms with Gasteiger partial charge < -0.3 is 9.30 Å². The highest BCUT2D eigenvalue weighted by Crippen LogP contribution is 2.21. The Morgan fingerprint density at radius 1 is 1.12 bits per heavy atom. The first-order chi connectivity index (χ1) is 12.5. The Labute approximate surface area is 156 Å². The molecule has 2 heterocycles. The zero-order valence-corrected chi connectivity index (χ0v) is 15.2. The van der Waals surface area contributed by atoms with Gasteiger partial charge in [0.25, 0.3) is 0 Å². The number of halogens is 1. The van der Waals surface area contributed by atoms with Crippen molar-refractivity contribution in [2.24, 2.45) is 0 Å². The van der Waals surface area contributed by atoms with Crippen LogP contribution < -0.4 is 0 Å². The number of esters is 1. The van der Waals surface area contributed by atoms with Gasteiger partial charge in [-0.1, -0.05) is 29.8 Å². The zero-order chi connectivity index (χ0) is 18.7. The number of hydrogen-bond acceptors (Lipinski definition) is 4. The molecule has 0 unspecified atom stereocenters. The maximum absolute atomic E-state index is 12.5. The van der Waals surface area contributed by atoms with Crippen LogP contribution in [0.2, 0.25) is 5.15 Å². The van der Waals surface area contributed by atoms with Gasteiger partial charge in [-0.2, -0.15) is 0 Å². The Morgan fingerprint density at radius 2 is 1.85 bits per heavy atom. The number of aryl methyl sites for hydroxylation is 1. The van der Waals surface area contributed by atoms with Gasteiger partial charge in [-0.25, -0.2) is 9.78 Å². The molecule has 0 fully saturated rings. The van der Waals surface area contributed by atoms with E-state index >= 15 is 0 Å². The van der Waals surface area contributed by atoms with Crippen LogP contribution in [0.15, 0.2) is 54.7 Å². The second kappa shape index (κ2) is 7.54. The molecule has 1 aromatic carbocycles. The molecule has 0 aliphatic rings. The molecule has 0 aliphatic heterocycles. The van der Waals surface area contributed by atoms with Crippen LogP contribution in [0.1, 0.15) is 32.1 Å². The van der Waals surface area contributed by atoms with E-state index in [1.165, 1.54) is 18.3 Å². The average molecular weight is 369 g/mol. The molecule has 0 spiro atoms. The van der Waals surface area contributed by atoms with Crippen molar-refractivity contribution >= 4 is 23.4 Å². The van der Waals surface area contributed by atoms with Crippen molar-refractivity contribution in [3.8, 4) is 5.69 Å². The standard InChI is InChI=1S/C20H17ClN2O3/c1-13-10-17(14(2)23(13)16-6-4-3-5-7-16)18(24)12-26-20(25)15-8-9-22-19(21)11-15/h3-11H,12H2,1-2H3. The third-order valence-corrected chi connectivity index (χ3v) is 4.25. The SMILES string of the molecule is Cc1cc(C(=O)COC(=O)c2ccnc(Cl)c2)c(C)n1-c1ccccc1.